The van der Waals surface area contributed by atoms with Crippen molar-refractivity contribution in [1.29, 1.82) is 0 Å². The zero-order valence-electron chi connectivity index (χ0n) is 32.5. The first kappa shape index (κ1) is 37.3. The highest BCUT2D eigenvalue weighted by molar-refractivity contribution is 5.87. The van der Waals surface area contributed by atoms with Crippen molar-refractivity contribution in [2.75, 3.05) is 14.2 Å². The van der Waals surface area contributed by atoms with Gasteiger partial charge >= 0.3 is 12.2 Å². The second-order valence-electron chi connectivity index (χ2n) is 16.1. The van der Waals surface area contributed by atoms with Gasteiger partial charge in [-0.05, 0) is 85.5 Å². The molecule has 4 amide bonds. The van der Waals surface area contributed by atoms with Gasteiger partial charge in [0.25, 0.3) is 0 Å². The minimum Gasteiger partial charge on any atom is -0.453 e. The molecular formula is C42H50N8O6. The number of aromatic amines is 2. The number of rotatable bonds is 10. The van der Waals surface area contributed by atoms with E-state index in [2.05, 4.69) is 69.1 Å². The van der Waals surface area contributed by atoms with Crippen molar-refractivity contribution >= 4 is 24.0 Å². The van der Waals surface area contributed by atoms with Gasteiger partial charge < -0.3 is 39.9 Å². The molecule has 4 bridgehead atoms. The van der Waals surface area contributed by atoms with Crippen molar-refractivity contribution in [3.05, 3.63) is 72.6 Å². The van der Waals surface area contributed by atoms with Gasteiger partial charge in [-0.3, -0.25) is 9.59 Å². The van der Waals surface area contributed by atoms with E-state index in [1.165, 1.54) is 14.2 Å². The van der Waals surface area contributed by atoms with E-state index in [-0.39, 0.29) is 41.9 Å². The fourth-order valence-electron chi connectivity index (χ4n) is 9.65. The number of imidazole rings is 2. The highest BCUT2D eigenvalue weighted by atomic mass is 16.5. The van der Waals surface area contributed by atoms with Crippen LogP contribution < -0.4 is 10.6 Å². The fraction of sp³-hybridized carbons (Fsp3) is 0.476. The lowest BCUT2D eigenvalue weighted by Crippen LogP contribution is -2.54. The second-order valence-corrected chi connectivity index (χ2v) is 16.1. The third-order valence-electron chi connectivity index (χ3n) is 12.4. The summed E-state index contributed by atoms with van der Waals surface area (Å²) in [5, 5.41) is 5.37. The lowest BCUT2D eigenvalue weighted by molar-refractivity contribution is -0.139. The standard InChI is InChI=1S/C42H50N8O6/c1-22(2)34(48-42(54)56-5)40(52)50-31-17-15-29(19-31)36(50)38-44-21-33(47-38)27-12-8-25(9-13-27)24-6-10-26(11-7-24)32-20-43-37(46-32)35-28-14-16-30(18-28)49(35)39(51)23(3)45-41(53)55-4/h6-13,20-23,28-31,34-36H,14-19H2,1-5H3,(H,43,46)(H,44,47)(H,45,53)(H,48,54)/t23-,28+,29+,30-,31-,34+,35+,36+/m1/s1. The van der Waals surface area contributed by atoms with Crippen LogP contribution >= 0.6 is 0 Å². The third kappa shape index (κ3) is 6.79. The number of ether oxygens (including phenoxy) is 2. The van der Waals surface area contributed by atoms with E-state index in [1.54, 1.807) is 6.92 Å². The number of carbonyl (C=O) groups is 4. The topological polar surface area (TPSA) is 175 Å². The molecule has 14 nitrogen and oxygen atoms in total. The predicted octanol–water partition coefficient (Wildman–Crippen LogP) is 6.36. The molecule has 2 aliphatic heterocycles. The number of carbonyl (C=O) groups excluding carboxylic acids is 4. The zero-order chi connectivity index (χ0) is 39.2. The molecule has 4 aromatic rings. The highest BCUT2D eigenvalue weighted by Crippen LogP contribution is 2.51. The molecule has 0 unspecified atom stereocenters. The summed E-state index contributed by atoms with van der Waals surface area (Å²) in [4.78, 5) is 71.7. The Morgan fingerprint density at radius 2 is 1.07 bits per heavy atom. The normalized spacial score (nSPS) is 24.7. The molecule has 0 radical (unpaired) electrons. The van der Waals surface area contributed by atoms with Crippen molar-refractivity contribution in [2.45, 2.75) is 95.5 Å². The van der Waals surface area contributed by atoms with Gasteiger partial charge in [0.1, 0.15) is 23.7 Å². The fourth-order valence-corrected chi connectivity index (χ4v) is 9.65. The van der Waals surface area contributed by atoms with E-state index < -0.39 is 24.3 Å². The summed E-state index contributed by atoms with van der Waals surface area (Å²) in [5.41, 5.74) is 5.88. The summed E-state index contributed by atoms with van der Waals surface area (Å²) >= 11 is 0. The second kappa shape index (κ2) is 15.1. The number of methoxy groups -OCH3 is 2. The molecule has 56 heavy (non-hydrogen) atoms. The molecule has 8 atom stereocenters. The summed E-state index contributed by atoms with van der Waals surface area (Å²) < 4.78 is 9.52. The Kier molecular flexibility index (Phi) is 10.1. The molecule has 0 spiro atoms. The molecule has 2 saturated heterocycles. The predicted molar refractivity (Wildman–Crippen MR) is 208 cm³/mol. The molecule has 8 rings (SSSR count). The van der Waals surface area contributed by atoms with Gasteiger partial charge in [0.05, 0.1) is 50.1 Å². The van der Waals surface area contributed by atoms with Crippen LogP contribution in [0.5, 0.6) is 0 Å². The maximum absolute atomic E-state index is 13.9. The summed E-state index contributed by atoms with van der Waals surface area (Å²) in [6.07, 6.45) is 8.29. The van der Waals surface area contributed by atoms with Crippen molar-refractivity contribution < 1.29 is 28.7 Å². The first-order valence-electron chi connectivity index (χ1n) is 19.7. The lowest BCUT2D eigenvalue weighted by atomic mass is 9.95. The van der Waals surface area contributed by atoms with Crippen LogP contribution in [-0.2, 0) is 19.1 Å². The SMILES string of the molecule is COC(=O)N[C@H](C(=O)N1[C@@H]2CC[C@@H](C2)[C@H]1c1ncc(-c2ccc(-c3ccc(-c4cnc([C@@H]5[C@H]6CC[C@H](C6)N5C(=O)[C@@H](C)NC(=O)OC)[nH]4)cc3)cc2)[nH]1)C(C)C. The molecule has 4 fully saturated rings. The Bertz CT molecular complexity index is 2090. The van der Waals surface area contributed by atoms with Crippen LogP contribution in [0.4, 0.5) is 9.59 Å². The van der Waals surface area contributed by atoms with E-state index in [1.807, 2.05) is 36.0 Å². The summed E-state index contributed by atoms with van der Waals surface area (Å²) in [5.74, 6) is 1.86. The smallest absolute Gasteiger partial charge is 0.407 e. The van der Waals surface area contributed by atoms with E-state index >= 15 is 0 Å². The largest absolute Gasteiger partial charge is 0.453 e. The van der Waals surface area contributed by atoms with Crippen molar-refractivity contribution in [3.8, 4) is 33.6 Å². The van der Waals surface area contributed by atoms with Crippen LogP contribution in [0.15, 0.2) is 60.9 Å². The van der Waals surface area contributed by atoms with Gasteiger partial charge in [-0.15, -0.1) is 0 Å². The van der Waals surface area contributed by atoms with Crippen molar-refractivity contribution in [3.63, 3.8) is 0 Å². The molecular weight excluding hydrogens is 713 g/mol. The number of fused-ring (bicyclic) bond motifs is 4. The number of likely N-dealkylation sites (tertiary alicyclic amines) is 2. The summed E-state index contributed by atoms with van der Waals surface area (Å²) in [7, 11) is 2.59. The van der Waals surface area contributed by atoms with E-state index in [4.69, 9.17) is 19.4 Å². The number of hydrogen-bond donors (Lipinski definition) is 4. The monoisotopic (exact) mass is 762 g/mol. The average Bonchev–Trinajstić information content (AvgIpc) is 4.08. The Morgan fingerprint density at radius 1 is 0.643 bits per heavy atom. The Hall–Kier alpha value is -5.66. The zero-order valence-corrected chi connectivity index (χ0v) is 32.5. The maximum Gasteiger partial charge on any atom is 0.407 e. The number of H-pyrrole nitrogens is 2. The molecule has 2 aromatic carbocycles. The Balaban J connectivity index is 0.946. The van der Waals surface area contributed by atoms with Crippen LogP contribution in [0.1, 0.15) is 83.0 Å². The van der Waals surface area contributed by atoms with Crippen LogP contribution in [-0.4, -0.2) is 92.1 Å². The number of nitrogens with zero attached hydrogens (tertiary/aromatic N) is 4. The van der Waals surface area contributed by atoms with Crippen LogP contribution in [0.25, 0.3) is 33.6 Å². The van der Waals surface area contributed by atoms with Gasteiger partial charge in [0.2, 0.25) is 11.8 Å². The van der Waals surface area contributed by atoms with E-state index in [0.717, 1.165) is 83.8 Å². The Labute approximate surface area is 326 Å². The minimum absolute atomic E-state index is 0.0934. The number of benzene rings is 2. The first-order valence-corrected chi connectivity index (χ1v) is 19.7. The molecule has 2 saturated carbocycles. The van der Waals surface area contributed by atoms with Crippen molar-refractivity contribution in [1.82, 2.24) is 40.4 Å². The van der Waals surface area contributed by atoms with Gasteiger partial charge in [0.15, 0.2) is 0 Å². The quantitative estimate of drug-likeness (QED) is 0.144. The summed E-state index contributed by atoms with van der Waals surface area (Å²) in [6.45, 7) is 5.54. The van der Waals surface area contributed by atoms with E-state index in [0.29, 0.717) is 11.8 Å². The first-order chi connectivity index (χ1) is 27.0. The number of amides is 4. The molecule has 4 aliphatic rings. The number of alkyl carbamates (subject to hydrolysis) is 2. The van der Waals surface area contributed by atoms with Crippen LogP contribution in [0.3, 0.4) is 0 Å². The Morgan fingerprint density at radius 3 is 1.52 bits per heavy atom. The van der Waals surface area contributed by atoms with E-state index in [9.17, 15) is 19.2 Å². The minimum atomic E-state index is -0.700. The van der Waals surface area contributed by atoms with Gasteiger partial charge in [-0.25, -0.2) is 19.6 Å². The number of aromatic nitrogens is 4. The molecule has 2 aliphatic carbocycles. The average molecular weight is 763 g/mol. The van der Waals surface area contributed by atoms with Gasteiger partial charge in [-0.2, -0.15) is 0 Å². The molecule has 294 valence electrons. The summed E-state index contributed by atoms with van der Waals surface area (Å²) in [6, 6.07) is 15.2. The number of hydrogen-bond acceptors (Lipinski definition) is 8. The lowest BCUT2D eigenvalue weighted by Gasteiger charge is -2.37. The van der Waals surface area contributed by atoms with Crippen molar-refractivity contribution in [2.24, 2.45) is 17.8 Å². The maximum atomic E-state index is 13.9. The molecule has 4 heterocycles. The number of piperidine rings is 2. The molecule has 2 aromatic heterocycles. The van der Waals surface area contributed by atoms with Gasteiger partial charge in [0, 0.05) is 12.1 Å². The third-order valence-corrected chi connectivity index (χ3v) is 12.4. The van der Waals surface area contributed by atoms with Crippen LogP contribution in [0.2, 0.25) is 0 Å². The molecule has 4 N–H and O–H groups in total. The number of nitrogens with one attached hydrogen (secondary N) is 4. The van der Waals surface area contributed by atoms with Gasteiger partial charge in [-0.1, -0.05) is 62.4 Å². The highest BCUT2D eigenvalue weighted by Gasteiger charge is 2.52. The van der Waals surface area contributed by atoms with Crippen LogP contribution in [0, 0.1) is 17.8 Å². The molecule has 14 heteroatoms.